The van der Waals surface area contributed by atoms with Crippen LogP contribution in [0.1, 0.15) is 85.0 Å². The van der Waals surface area contributed by atoms with Gasteiger partial charge in [-0.15, -0.1) is 0 Å². The number of rotatable bonds is 15. The fourth-order valence-electron chi connectivity index (χ4n) is 4.15. The van der Waals surface area contributed by atoms with Gasteiger partial charge in [0.25, 0.3) is 0 Å². The minimum atomic E-state index is -0.671. The molecule has 0 saturated carbocycles. The smallest absolute Gasteiger partial charge is 0.187 e. The Bertz CT molecular complexity index is 420. The summed E-state index contributed by atoms with van der Waals surface area (Å²) >= 11 is 0. The molecule has 0 aromatic heterocycles. The van der Waals surface area contributed by atoms with Gasteiger partial charge in [0.05, 0.1) is 6.10 Å². The first-order chi connectivity index (χ1) is 13.5. The largest absolute Gasteiger partial charge is 0.389 e. The molecule has 5 atom stereocenters. The van der Waals surface area contributed by atoms with Crippen LogP contribution in [0, 0.1) is 0 Å². The van der Waals surface area contributed by atoms with E-state index in [1.807, 2.05) is 20.9 Å². The lowest BCUT2D eigenvalue weighted by Gasteiger charge is -2.26. The van der Waals surface area contributed by atoms with E-state index in [1.165, 1.54) is 57.8 Å². The molecule has 28 heavy (non-hydrogen) atoms. The summed E-state index contributed by atoms with van der Waals surface area (Å²) in [6.45, 7) is 7.15. The molecule has 2 fully saturated rings. The van der Waals surface area contributed by atoms with E-state index in [-0.39, 0.29) is 12.2 Å². The number of hydrogen-bond acceptors (Lipinski definition) is 6. The lowest BCUT2D eigenvalue weighted by Crippen LogP contribution is -2.43. The fraction of sp³-hybridized carbons (Fsp3) is 1.00. The molecule has 2 heterocycles. The molecule has 0 amide bonds. The van der Waals surface area contributed by atoms with Crippen molar-refractivity contribution in [3.63, 3.8) is 0 Å². The third-order valence-electron chi connectivity index (χ3n) is 5.62. The molecule has 0 unspecified atom stereocenters. The highest BCUT2D eigenvalue weighted by molar-refractivity contribution is 4.98. The van der Waals surface area contributed by atoms with Crippen molar-refractivity contribution in [2.75, 3.05) is 20.2 Å². The molecule has 0 radical (unpaired) electrons. The van der Waals surface area contributed by atoms with E-state index < -0.39 is 24.3 Å². The van der Waals surface area contributed by atoms with E-state index in [9.17, 15) is 5.11 Å². The van der Waals surface area contributed by atoms with Crippen molar-refractivity contribution in [1.29, 1.82) is 0 Å². The van der Waals surface area contributed by atoms with Gasteiger partial charge in [0.2, 0.25) is 0 Å². The normalized spacial score (nSPS) is 29.9. The van der Waals surface area contributed by atoms with Crippen LogP contribution < -0.4 is 5.32 Å². The number of likely N-dealkylation sites (N-methyl/N-ethyl adjacent to an activating group) is 1. The number of nitrogens with one attached hydrogen (secondary N) is 1. The van der Waals surface area contributed by atoms with Crippen molar-refractivity contribution in [1.82, 2.24) is 5.32 Å². The molecule has 2 rings (SSSR count). The van der Waals surface area contributed by atoms with Gasteiger partial charge in [-0.05, 0) is 27.3 Å². The number of unbranched alkanes of at least 4 members (excludes halogenated alkanes) is 9. The Morgan fingerprint density at radius 3 is 2.11 bits per heavy atom. The summed E-state index contributed by atoms with van der Waals surface area (Å²) < 4.78 is 23.9. The minimum Gasteiger partial charge on any atom is -0.389 e. The molecule has 2 N–H and O–H groups in total. The SMILES string of the molecule is CCCCCCCCCCCCO[C@H]1O[C@H]([C@H](O)CNC)[C@@H]2OC(C)(C)O[C@H]12. The van der Waals surface area contributed by atoms with E-state index in [2.05, 4.69) is 12.2 Å². The Balaban J connectivity index is 1.61. The molecule has 0 aromatic rings. The maximum Gasteiger partial charge on any atom is 0.187 e. The number of ether oxygens (including phenoxy) is 4. The van der Waals surface area contributed by atoms with Crippen LogP contribution in [-0.2, 0) is 18.9 Å². The van der Waals surface area contributed by atoms with Crippen molar-refractivity contribution < 1.29 is 24.1 Å². The second kappa shape index (κ2) is 12.5. The minimum absolute atomic E-state index is 0.283. The maximum absolute atomic E-state index is 10.4. The van der Waals surface area contributed by atoms with Gasteiger partial charge in [-0.2, -0.15) is 0 Å². The van der Waals surface area contributed by atoms with Crippen LogP contribution in [0.25, 0.3) is 0 Å². The fourth-order valence-corrected chi connectivity index (χ4v) is 4.15. The monoisotopic (exact) mass is 401 g/mol. The molecule has 0 bridgehead atoms. The molecule has 2 saturated heterocycles. The summed E-state index contributed by atoms with van der Waals surface area (Å²) in [5.74, 6) is -0.671. The maximum atomic E-state index is 10.4. The van der Waals surface area contributed by atoms with Gasteiger partial charge in [-0.3, -0.25) is 0 Å². The highest BCUT2D eigenvalue weighted by atomic mass is 16.8. The van der Waals surface area contributed by atoms with E-state index in [0.717, 1.165) is 6.42 Å². The Morgan fingerprint density at radius 1 is 0.929 bits per heavy atom. The van der Waals surface area contributed by atoms with E-state index >= 15 is 0 Å². The zero-order chi connectivity index (χ0) is 20.4. The van der Waals surface area contributed by atoms with Gasteiger partial charge in [-0.25, -0.2) is 0 Å². The Hall–Kier alpha value is -0.240. The predicted molar refractivity (Wildman–Crippen MR) is 110 cm³/mol. The van der Waals surface area contributed by atoms with Gasteiger partial charge in [0.1, 0.15) is 18.3 Å². The van der Waals surface area contributed by atoms with Crippen molar-refractivity contribution in [2.24, 2.45) is 0 Å². The van der Waals surface area contributed by atoms with Gasteiger partial charge in [0, 0.05) is 13.2 Å². The molecule has 2 aliphatic heterocycles. The summed E-state index contributed by atoms with van der Waals surface area (Å²) in [7, 11) is 1.81. The number of fused-ring (bicyclic) bond motifs is 1. The standard InChI is InChI=1S/C22H43NO5/c1-5-6-7-8-9-10-11-12-13-14-15-25-21-20-19(27-22(2,3)28-20)18(26-21)17(24)16-23-4/h17-21,23-24H,5-16H2,1-4H3/t17-,18-,19+,20+,21+/m1/s1. The quantitative estimate of drug-likeness (QED) is 0.407. The van der Waals surface area contributed by atoms with Gasteiger partial charge in [-0.1, -0.05) is 64.7 Å². The molecule has 0 aromatic carbocycles. The lowest BCUT2D eigenvalue weighted by atomic mass is 10.1. The number of aliphatic hydroxyl groups excluding tert-OH is 1. The first-order valence-electron chi connectivity index (χ1n) is 11.4. The van der Waals surface area contributed by atoms with Crippen LogP contribution in [0.4, 0.5) is 0 Å². The van der Waals surface area contributed by atoms with Crippen LogP contribution in [0.15, 0.2) is 0 Å². The predicted octanol–water partition coefficient (Wildman–Crippen LogP) is 3.75. The zero-order valence-corrected chi connectivity index (χ0v) is 18.5. The second-order valence-electron chi connectivity index (χ2n) is 8.71. The third kappa shape index (κ3) is 7.54. The first-order valence-corrected chi connectivity index (χ1v) is 11.4. The average Bonchev–Trinajstić information content (AvgIpc) is 3.13. The molecular formula is C22H43NO5. The van der Waals surface area contributed by atoms with Crippen molar-refractivity contribution >= 4 is 0 Å². The zero-order valence-electron chi connectivity index (χ0n) is 18.5. The van der Waals surface area contributed by atoms with Gasteiger partial charge >= 0.3 is 0 Å². The van der Waals surface area contributed by atoms with Crippen molar-refractivity contribution in [3.05, 3.63) is 0 Å². The van der Waals surface area contributed by atoms with Gasteiger partial charge in [0.15, 0.2) is 12.1 Å². The summed E-state index contributed by atoms with van der Waals surface area (Å²) in [6, 6.07) is 0. The summed E-state index contributed by atoms with van der Waals surface area (Å²) in [6.07, 6.45) is 10.9. The first kappa shape index (κ1) is 24.0. The van der Waals surface area contributed by atoms with Crippen LogP contribution in [0.2, 0.25) is 0 Å². The Morgan fingerprint density at radius 2 is 1.50 bits per heavy atom. The molecule has 2 aliphatic rings. The van der Waals surface area contributed by atoms with E-state index in [4.69, 9.17) is 18.9 Å². The molecular weight excluding hydrogens is 358 g/mol. The molecule has 6 nitrogen and oxygen atoms in total. The van der Waals surface area contributed by atoms with Crippen molar-refractivity contribution in [2.45, 2.75) is 121 Å². The highest BCUT2D eigenvalue weighted by Gasteiger charge is 2.57. The third-order valence-corrected chi connectivity index (χ3v) is 5.62. The second-order valence-corrected chi connectivity index (χ2v) is 8.71. The topological polar surface area (TPSA) is 69.2 Å². The van der Waals surface area contributed by atoms with Crippen LogP contribution >= 0.6 is 0 Å². The average molecular weight is 402 g/mol. The van der Waals surface area contributed by atoms with Crippen LogP contribution in [0.3, 0.4) is 0 Å². The lowest BCUT2D eigenvalue weighted by molar-refractivity contribution is -0.242. The highest BCUT2D eigenvalue weighted by Crippen LogP contribution is 2.40. The number of hydrogen-bond donors (Lipinski definition) is 2. The molecule has 0 spiro atoms. The molecule has 0 aliphatic carbocycles. The summed E-state index contributed by atoms with van der Waals surface area (Å²) in [5.41, 5.74) is 0. The Labute approximate surface area is 171 Å². The van der Waals surface area contributed by atoms with E-state index in [1.54, 1.807) is 0 Å². The Kier molecular flexibility index (Phi) is 10.7. The van der Waals surface area contributed by atoms with Gasteiger partial charge < -0.3 is 29.4 Å². The molecule has 6 heteroatoms. The van der Waals surface area contributed by atoms with Crippen molar-refractivity contribution in [3.8, 4) is 0 Å². The van der Waals surface area contributed by atoms with Crippen LogP contribution in [-0.4, -0.2) is 61.8 Å². The summed E-state index contributed by atoms with van der Waals surface area (Å²) in [5, 5.41) is 13.3. The molecule has 166 valence electrons. The summed E-state index contributed by atoms with van der Waals surface area (Å²) in [4.78, 5) is 0. The van der Waals surface area contributed by atoms with Crippen LogP contribution in [0.5, 0.6) is 0 Å². The number of aliphatic hydroxyl groups is 1. The van der Waals surface area contributed by atoms with E-state index in [0.29, 0.717) is 13.2 Å².